The molecule has 0 aliphatic carbocycles. The van der Waals surface area contributed by atoms with Gasteiger partial charge in [0.1, 0.15) is 5.83 Å². The second kappa shape index (κ2) is 17.0. The molecule has 0 aromatic heterocycles. The highest BCUT2D eigenvalue weighted by molar-refractivity contribution is 5.61. The van der Waals surface area contributed by atoms with Gasteiger partial charge in [0.25, 0.3) is 0 Å². The van der Waals surface area contributed by atoms with Crippen LogP contribution in [0.4, 0.5) is 17.6 Å². The Hall–Kier alpha value is -2.62. The van der Waals surface area contributed by atoms with Gasteiger partial charge in [-0.1, -0.05) is 92.6 Å². The first-order chi connectivity index (χ1) is 14.9. The summed E-state index contributed by atoms with van der Waals surface area (Å²) >= 11 is 0. The van der Waals surface area contributed by atoms with E-state index in [-0.39, 0.29) is 5.83 Å². The SMILES string of the molecule is C/C=C\C(F)=C(\C)CC.C=C(C)c1ccc(C)cc1.CC.Cc1cccc(C(F)(F)F)c1. The maximum atomic E-state index is 12.6. The minimum Gasteiger partial charge on any atom is -0.207 e. The quantitative estimate of drug-likeness (QED) is 0.322. The third-order valence-corrected chi connectivity index (χ3v) is 4.14. The third kappa shape index (κ3) is 14.4. The van der Waals surface area contributed by atoms with Crippen molar-refractivity contribution in [1.82, 2.24) is 0 Å². The molecule has 0 N–H and O–H groups in total. The Kier molecular flexibility index (Phi) is 16.8. The average molecular weight is 451 g/mol. The van der Waals surface area contributed by atoms with Crippen molar-refractivity contribution in [3.8, 4) is 0 Å². The number of hydrogen-bond donors (Lipinski definition) is 0. The van der Waals surface area contributed by atoms with E-state index in [1.807, 2.05) is 34.6 Å². The lowest BCUT2D eigenvalue weighted by atomic mass is 10.1. The standard InChI is InChI=1S/C10H12.C8H7F3.C8H13F.C2H6/c1-8(2)10-6-4-9(3)5-7-10;1-6-3-2-4-7(5-6)8(9,10)11;1-4-6-8(9)7(3)5-2;1-2/h4-7H,1H2,2-3H3;2-5H,1H3;4,6H,5H2,1-3H3;1-2H3/b;;6-4-,8-7+;. The molecule has 0 fully saturated rings. The van der Waals surface area contributed by atoms with E-state index in [1.54, 1.807) is 26.0 Å². The van der Waals surface area contributed by atoms with Crippen LogP contribution < -0.4 is 0 Å². The molecule has 0 heterocycles. The number of allylic oxidation sites excluding steroid dienone is 5. The van der Waals surface area contributed by atoms with Crippen LogP contribution in [-0.2, 0) is 6.18 Å². The predicted octanol–water partition coefficient (Wildman–Crippen LogP) is 10.3. The Morgan fingerprint density at radius 2 is 1.47 bits per heavy atom. The molecule has 0 amide bonds. The van der Waals surface area contributed by atoms with Crippen LogP contribution in [0.25, 0.3) is 5.57 Å². The normalized spacial score (nSPS) is 11.1. The molecule has 4 heteroatoms. The maximum Gasteiger partial charge on any atom is 0.416 e. The molecule has 0 bridgehead atoms. The molecule has 0 atom stereocenters. The summed E-state index contributed by atoms with van der Waals surface area (Å²) in [6.07, 6.45) is -0.241. The highest BCUT2D eigenvalue weighted by Gasteiger charge is 2.29. The minimum absolute atomic E-state index is 0.0972. The minimum atomic E-state index is -4.22. The summed E-state index contributed by atoms with van der Waals surface area (Å²) in [4.78, 5) is 0. The molecular weight excluding hydrogens is 412 g/mol. The summed E-state index contributed by atoms with van der Waals surface area (Å²) in [6.45, 7) is 19.1. The van der Waals surface area contributed by atoms with Crippen molar-refractivity contribution in [2.24, 2.45) is 0 Å². The summed E-state index contributed by atoms with van der Waals surface area (Å²) in [5.74, 6) is -0.0972. The Morgan fingerprint density at radius 1 is 0.938 bits per heavy atom. The fraction of sp³-hybridized carbons (Fsp3) is 0.357. The molecular formula is C28H38F4. The monoisotopic (exact) mass is 450 g/mol. The zero-order chi connectivity index (χ0) is 25.3. The van der Waals surface area contributed by atoms with E-state index < -0.39 is 11.7 Å². The van der Waals surface area contributed by atoms with E-state index >= 15 is 0 Å². The molecule has 2 aromatic carbocycles. The van der Waals surface area contributed by atoms with Gasteiger partial charge in [-0.05, 0) is 64.3 Å². The summed E-state index contributed by atoms with van der Waals surface area (Å²) in [7, 11) is 0. The number of aryl methyl sites for hydroxylation is 2. The van der Waals surface area contributed by atoms with E-state index in [2.05, 4.69) is 37.8 Å². The van der Waals surface area contributed by atoms with E-state index in [0.717, 1.165) is 29.7 Å². The van der Waals surface area contributed by atoms with Gasteiger partial charge in [-0.2, -0.15) is 13.2 Å². The second-order valence-electron chi connectivity index (χ2n) is 7.00. The van der Waals surface area contributed by atoms with Crippen LogP contribution in [0.5, 0.6) is 0 Å². The lowest BCUT2D eigenvalue weighted by Crippen LogP contribution is -2.04. The van der Waals surface area contributed by atoms with Gasteiger partial charge >= 0.3 is 6.18 Å². The number of rotatable bonds is 3. The number of halogens is 4. The topological polar surface area (TPSA) is 0 Å². The lowest BCUT2D eigenvalue weighted by Gasteiger charge is -2.05. The molecule has 0 saturated carbocycles. The van der Waals surface area contributed by atoms with Gasteiger partial charge in [0.2, 0.25) is 0 Å². The van der Waals surface area contributed by atoms with E-state index in [0.29, 0.717) is 5.56 Å². The van der Waals surface area contributed by atoms with Gasteiger partial charge in [-0.3, -0.25) is 0 Å². The van der Waals surface area contributed by atoms with Gasteiger partial charge in [0.05, 0.1) is 5.56 Å². The van der Waals surface area contributed by atoms with Crippen LogP contribution >= 0.6 is 0 Å². The Labute approximate surface area is 192 Å². The van der Waals surface area contributed by atoms with E-state index in [9.17, 15) is 17.6 Å². The number of benzene rings is 2. The summed E-state index contributed by atoms with van der Waals surface area (Å²) in [6, 6.07) is 13.6. The summed E-state index contributed by atoms with van der Waals surface area (Å²) < 4.78 is 48.5. The Balaban J connectivity index is 0. The zero-order valence-corrected chi connectivity index (χ0v) is 20.7. The average Bonchev–Trinajstić information content (AvgIpc) is 2.75. The van der Waals surface area contributed by atoms with Crippen LogP contribution in [0.3, 0.4) is 0 Å². The van der Waals surface area contributed by atoms with Crippen molar-refractivity contribution in [3.63, 3.8) is 0 Å². The Bertz CT molecular complexity index is 838. The third-order valence-electron chi connectivity index (χ3n) is 4.14. The molecule has 0 aliphatic rings. The number of hydrogen-bond acceptors (Lipinski definition) is 0. The highest BCUT2D eigenvalue weighted by atomic mass is 19.4. The largest absolute Gasteiger partial charge is 0.416 e. The summed E-state index contributed by atoms with van der Waals surface area (Å²) in [5, 5.41) is 0. The molecule has 0 aliphatic heterocycles. The molecule has 2 rings (SSSR count). The molecule has 0 saturated heterocycles. The zero-order valence-electron chi connectivity index (χ0n) is 20.7. The molecule has 0 nitrogen and oxygen atoms in total. The van der Waals surface area contributed by atoms with Gasteiger partial charge in [-0.25, -0.2) is 4.39 Å². The van der Waals surface area contributed by atoms with Crippen molar-refractivity contribution in [1.29, 1.82) is 0 Å². The fourth-order valence-corrected chi connectivity index (χ4v) is 2.12. The molecule has 2 aromatic rings. The first-order valence-corrected chi connectivity index (χ1v) is 10.8. The first kappa shape index (κ1) is 31.6. The van der Waals surface area contributed by atoms with E-state index in [1.165, 1.54) is 23.3 Å². The predicted molar refractivity (Wildman–Crippen MR) is 132 cm³/mol. The van der Waals surface area contributed by atoms with Crippen molar-refractivity contribution in [2.75, 3.05) is 0 Å². The van der Waals surface area contributed by atoms with E-state index in [4.69, 9.17) is 0 Å². The fourth-order valence-electron chi connectivity index (χ4n) is 2.12. The molecule has 32 heavy (non-hydrogen) atoms. The van der Waals surface area contributed by atoms with Crippen molar-refractivity contribution >= 4 is 5.57 Å². The second-order valence-corrected chi connectivity index (χ2v) is 7.00. The lowest BCUT2D eigenvalue weighted by molar-refractivity contribution is -0.137. The smallest absolute Gasteiger partial charge is 0.207 e. The van der Waals surface area contributed by atoms with Crippen LogP contribution in [0, 0.1) is 13.8 Å². The Morgan fingerprint density at radius 3 is 1.81 bits per heavy atom. The van der Waals surface area contributed by atoms with Gasteiger partial charge < -0.3 is 0 Å². The van der Waals surface area contributed by atoms with Gasteiger partial charge in [-0.15, -0.1) is 0 Å². The molecule has 0 spiro atoms. The highest BCUT2D eigenvalue weighted by Crippen LogP contribution is 2.29. The summed E-state index contributed by atoms with van der Waals surface area (Å²) in [5.41, 5.74) is 4.50. The van der Waals surface area contributed by atoms with Crippen LogP contribution in [0.15, 0.2) is 78.7 Å². The first-order valence-electron chi connectivity index (χ1n) is 10.8. The van der Waals surface area contributed by atoms with Crippen molar-refractivity contribution < 1.29 is 17.6 Å². The van der Waals surface area contributed by atoms with Crippen molar-refractivity contribution in [3.05, 3.63) is 101 Å². The van der Waals surface area contributed by atoms with Gasteiger partial charge in [0.15, 0.2) is 0 Å². The van der Waals surface area contributed by atoms with Crippen LogP contribution in [0.1, 0.15) is 70.2 Å². The molecule has 178 valence electrons. The van der Waals surface area contributed by atoms with Gasteiger partial charge in [0, 0.05) is 0 Å². The molecule has 0 radical (unpaired) electrons. The maximum absolute atomic E-state index is 12.6. The number of alkyl halides is 3. The van der Waals surface area contributed by atoms with Crippen LogP contribution in [0.2, 0.25) is 0 Å². The van der Waals surface area contributed by atoms with Crippen molar-refractivity contribution in [2.45, 2.75) is 68.0 Å². The molecule has 0 unspecified atom stereocenters. The van der Waals surface area contributed by atoms with Crippen LogP contribution in [-0.4, -0.2) is 0 Å².